The molecule has 5 nitrogen and oxygen atoms in total. The van der Waals surface area contributed by atoms with E-state index in [1.807, 2.05) is 24.3 Å². The number of nitrogens with zero attached hydrogens (tertiary/aromatic N) is 1. The average Bonchev–Trinajstić information content (AvgIpc) is 2.62. The van der Waals surface area contributed by atoms with Crippen LogP contribution in [0.3, 0.4) is 0 Å². The molecule has 1 N–H and O–H groups in total. The van der Waals surface area contributed by atoms with Crippen LogP contribution in [0.25, 0.3) is 0 Å². The summed E-state index contributed by atoms with van der Waals surface area (Å²) < 4.78 is 33.0. The van der Waals surface area contributed by atoms with E-state index < -0.39 is 15.6 Å². The molecule has 25 heavy (non-hydrogen) atoms. The maximum atomic E-state index is 12.8. The van der Waals surface area contributed by atoms with Crippen molar-refractivity contribution in [1.82, 2.24) is 4.31 Å². The second-order valence-corrected chi connectivity index (χ2v) is 8.97. The van der Waals surface area contributed by atoms with Gasteiger partial charge in [-0.2, -0.15) is 4.31 Å². The molecule has 134 valence electrons. The number of rotatable bonds is 4. The van der Waals surface area contributed by atoms with E-state index in [2.05, 4.69) is 15.9 Å². The average molecular weight is 426 g/mol. The van der Waals surface area contributed by atoms with Gasteiger partial charge in [0, 0.05) is 17.6 Å². The van der Waals surface area contributed by atoms with Gasteiger partial charge < -0.3 is 9.84 Å². The van der Waals surface area contributed by atoms with E-state index in [1.165, 1.54) is 11.4 Å². The monoisotopic (exact) mass is 425 g/mol. The summed E-state index contributed by atoms with van der Waals surface area (Å²) in [6.45, 7) is 0.557. The largest absolute Gasteiger partial charge is 0.497 e. The molecule has 3 rings (SSSR count). The molecule has 0 unspecified atom stereocenters. The molecule has 7 heteroatoms. The minimum atomic E-state index is -3.57. The van der Waals surface area contributed by atoms with Crippen LogP contribution in [-0.4, -0.2) is 38.0 Å². The zero-order valence-corrected chi connectivity index (χ0v) is 16.3. The highest BCUT2D eigenvalue weighted by atomic mass is 79.9. The van der Waals surface area contributed by atoms with Crippen molar-refractivity contribution >= 4 is 26.0 Å². The SMILES string of the molecule is COc1ccc(S(=O)(=O)N2CCC(O)(c3ccc(Br)cc3)CC2)cc1. The Bertz CT molecular complexity index is 826. The number of hydrogen-bond donors (Lipinski definition) is 1. The summed E-state index contributed by atoms with van der Waals surface area (Å²) in [6, 6.07) is 13.9. The fourth-order valence-corrected chi connectivity index (χ4v) is 4.75. The predicted octanol–water partition coefficient (Wildman–Crippen LogP) is 3.13. The smallest absolute Gasteiger partial charge is 0.243 e. The van der Waals surface area contributed by atoms with E-state index in [0.29, 0.717) is 18.6 Å². The Labute approximate surface area is 156 Å². The van der Waals surface area contributed by atoms with E-state index in [1.54, 1.807) is 24.3 Å². The Balaban J connectivity index is 1.75. The van der Waals surface area contributed by atoms with Crippen molar-refractivity contribution in [2.24, 2.45) is 0 Å². The highest BCUT2D eigenvalue weighted by molar-refractivity contribution is 9.10. The fourth-order valence-electron chi connectivity index (χ4n) is 3.04. The normalized spacial score (nSPS) is 18.0. The van der Waals surface area contributed by atoms with Crippen LogP contribution in [0.2, 0.25) is 0 Å². The lowest BCUT2D eigenvalue weighted by Gasteiger charge is -2.37. The van der Waals surface area contributed by atoms with Crippen molar-refractivity contribution in [1.29, 1.82) is 0 Å². The van der Waals surface area contributed by atoms with Gasteiger partial charge in [0.25, 0.3) is 0 Å². The number of aliphatic hydroxyl groups is 1. The first-order valence-corrected chi connectivity index (χ1v) is 10.2. The van der Waals surface area contributed by atoms with Crippen molar-refractivity contribution < 1.29 is 18.3 Å². The molecule has 0 radical (unpaired) electrons. The Morgan fingerprint density at radius 1 is 1.04 bits per heavy atom. The van der Waals surface area contributed by atoms with Crippen LogP contribution in [0.5, 0.6) is 5.75 Å². The van der Waals surface area contributed by atoms with Gasteiger partial charge in [-0.15, -0.1) is 0 Å². The van der Waals surface area contributed by atoms with Crippen molar-refractivity contribution in [2.45, 2.75) is 23.3 Å². The van der Waals surface area contributed by atoms with Gasteiger partial charge in [-0.1, -0.05) is 28.1 Å². The molecule has 0 saturated carbocycles. The zero-order chi connectivity index (χ0) is 18.1. The number of ether oxygens (including phenoxy) is 1. The topological polar surface area (TPSA) is 66.8 Å². The van der Waals surface area contributed by atoms with Crippen LogP contribution in [-0.2, 0) is 15.6 Å². The van der Waals surface area contributed by atoms with Crippen LogP contribution in [0.15, 0.2) is 57.9 Å². The molecule has 0 spiro atoms. The van der Waals surface area contributed by atoms with Gasteiger partial charge >= 0.3 is 0 Å². The highest BCUT2D eigenvalue weighted by Gasteiger charge is 2.38. The lowest BCUT2D eigenvalue weighted by atomic mass is 9.85. The van der Waals surface area contributed by atoms with E-state index in [9.17, 15) is 13.5 Å². The molecule has 0 aliphatic carbocycles. The van der Waals surface area contributed by atoms with Crippen molar-refractivity contribution in [3.05, 3.63) is 58.6 Å². The number of sulfonamides is 1. The molecule has 1 fully saturated rings. The van der Waals surface area contributed by atoms with Crippen molar-refractivity contribution in [2.75, 3.05) is 20.2 Å². The number of hydrogen-bond acceptors (Lipinski definition) is 4. The number of benzene rings is 2. The van der Waals surface area contributed by atoms with E-state index >= 15 is 0 Å². The summed E-state index contributed by atoms with van der Waals surface area (Å²) >= 11 is 3.38. The molecular formula is C18H20BrNO4S. The molecule has 0 aromatic heterocycles. The molecule has 1 aliphatic rings. The molecule has 1 saturated heterocycles. The van der Waals surface area contributed by atoms with Crippen molar-refractivity contribution in [3.8, 4) is 5.75 Å². The maximum Gasteiger partial charge on any atom is 0.243 e. The first-order valence-electron chi connectivity index (χ1n) is 7.98. The van der Waals surface area contributed by atoms with Gasteiger partial charge in [0.05, 0.1) is 17.6 Å². The van der Waals surface area contributed by atoms with Crippen molar-refractivity contribution in [3.63, 3.8) is 0 Å². The quantitative estimate of drug-likeness (QED) is 0.816. The fraction of sp³-hybridized carbons (Fsp3) is 0.333. The molecule has 0 atom stereocenters. The minimum Gasteiger partial charge on any atom is -0.497 e. The first-order chi connectivity index (χ1) is 11.8. The molecular weight excluding hydrogens is 406 g/mol. The third-order valence-corrected chi connectivity index (χ3v) is 7.07. The van der Waals surface area contributed by atoms with Gasteiger partial charge in [0.1, 0.15) is 5.75 Å². The maximum absolute atomic E-state index is 12.8. The summed E-state index contributed by atoms with van der Waals surface area (Å²) in [5.41, 5.74) is -0.177. The molecule has 2 aromatic carbocycles. The highest BCUT2D eigenvalue weighted by Crippen LogP contribution is 2.35. The summed E-state index contributed by atoms with van der Waals surface area (Å²) in [7, 11) is -2.03. The second kappa shape index (κ2) is 7.07. The molecule has 0 bridgehead atoms. The second-order valence-electron chi connectivity index (χ2n) is 6.12. The number of piperidine rings is 1. The Hall–Kier alpha value is -1.41. The summed E-state index contributed by atoms with van der Waals surface area (Å²) in [5, 5.41) is 10.9. The Kier molecular flexibility index (Phi) is 5.20. The van der Waals surface area contributed by atoms with E-state index in [-0.39, 0.29) is 18.0 Å². The van der Waals surface area contributed by atoms with Crippen LogP contribution in [0.1, 0.15) is 18.4 Å². The molecule has 0 amide bonds. The third kappa shape index (κ3) is 3.74. The summed E-state index contributed by atoms with van der Waals surface area (Å²) in [4.78, 5) is 0.238. The summed E-state index contributed by atoms with van der Waals surface area (Å²) in [5.74, 6) is 0.613. The lowest BCUT2D eigenvalue weighted by molar-refractivity contribution is -0.00962. The van der Waals surface area contributed by atoms with Crippen LogP contribution in [0.4, 0.5) is 0 Å². The standard InChI is InChI=1S/C18H20BrNO4S/c1-24-16-6-8-17(9-7-16)25(22,23)20-12-10-18(21,11-13-20)14-2-4-15(19)5-3-14/h2-9,21H,10-13H2,1H3. The van der Waals surface area contributed by atoms with Gasteiger partial charge in [-0.25, -0.2) is 8.42 Å². The molecule has 1 heterocycles. The predicted molar refractivity (Wildman–Crippen MR) is 99.0 cm³/mol. The Morgan fingerprint density at radius 2 is 1.60 bits per heavy atom. The van der Waals surface area contributed by atoms with E-state index in [0.717, 1.165) is 10.0 Å². The Morgan fingerprint density at radius 3 is 2.12 bits per heavy atom. The van der Waals surface area contributed by atoms with Crippen LogP contribution in [0, 0.1) is 0 Å². The van der Waals surface area contributed by atoms with E-state index in [4.69, 9.17) is 4.74 Å². The van der Waals surface area contributed by atoms with Crippen LogP contribution < -0.4 is 4.74 Å². The minimum absolute atomic E-state index is 0.238. The number of halogens is 1. The molecule has 1 aliphatic heterocycles. The van der Waals surface area contributed by atoms with Gasteiger partial charge in [0.15, 0.2) is 0 Å². The molecule has 2 aromatic rings. The summed E-state index contributed by atoms with van der Waals surface area (Å²) in [6.07, 6.45) is 0.730. The zero-order valence-electron chi connectivity index (χ0n) is 13.9. The first kappa shape index (κ1) is 18.4. The van der Waals surface area contributed by atoms with Gasteiger partial charge in [-0.05, 0) is 54.8 Å². The van der Waals surface area contributed by atoms with Gasteiger partial charge in [0.2, 0.25) is 10.0 Å². The number of methoxy groups -OCH3 is 1. The third-order valence-electron chi connectivity index (χ3n) is 4.63. The van der Waals surface area contributed by atoms with Gasteiger partial charge in [-0.3, -0.25) is 0 Å². The lowest BCUT2D eigenvalue weighted by Crippen LogP contribution is -2.45. The van der Waals surface area contributed by atoms with Crippen LogP contribution >= 0.6 is 15.9 Å².